The van der Waals surface area contributed by atoms with Gasteiger partial charge in [-0.2, -0.15) is 5.10 Å². The highest BCUT2D eigenvalue weighted by Gasteiger charge is 2.32. The van der Waals surface area contributed by atoms with Crippen molar-refractivity contribution >= 4 is 36.5 Å². The van der Waals surface area contributed by atoms with E-state index in [1.807, 2.05) is 12.1 Å². The van der Waals surface area contributed by atoms with E-state index in [1.54, 1.807) is 6.20 Å². The summed E-state index contributed by atoms with van der Waals surface area (Å²) in [5.74, 6) is 0.846. The van der Waals surface area contributed by atoms with E-state index in [9.17, 15) is 9.90 Å². The number of halogens is 2. The first-order valence-corrected chi connectivity index (χ1v) is 8.40. The number of nitrogens with zero attached hydrogens (tertiary/aromatic N) is 3. The lowest BCUT2D eigenvalue weighted by atomic mass is 9.83. The summed E-state index contributed by atoms with van der Waals surface area (Å²) in [4.78, 5) is 14.6. The largest absolute Gasteiger partial charge is 0.391 e. The minimum absolute atomic E-state index is 0. The third-order valence-electron chi connectivity index (χ3n) is 4.96. The van der Waals surface area contributed by atoms with Gasteiger partial charge < -0.3 is 21.1 Å². The maximum Gasteiger partial charge on any atom is 0.223 e. The Labute approximate surface area is 160 Å². The second-order valence-corrected chi connectivity index (χ2v) is 6.59. The highest BCUT2D eigenvalue weighted by molar-refractivity contribution is 5.85. The van der Waals surface area contributed by atoms with Crippen LogP contribution in [0.15, 0.2) is 18.3 Å². The van der Waals surface area contributed by atoms with Crippen LogP contribution in [0.4, 0.5) is 5.82 Å². The fourth-order valence-corrected chi connectivity index (χ4v) is 3.44. The average molecular weight is 392 g/mol. The minimum Gasteiger partial charge on any atom is -0.391 e. The highest BCUT2D eigenvalue weighted by Crippen LogP contribution is 2.24. The number of hydrogen-bond donors (Lipinski definition) is 3. The molecule has 0 bridgehead atoms. The van der Waals surface area contributed by atoms with Gasteiger partial charge >= 0.3 is 0 Å². The highest BCUT2D eigenvalue weighted by atomic mass is 35.5. The zero-order chi connectivity index (χ0) is 16.2. The third kappa shape index (κ3) is 5.67. The van der Waals surface area contributed by atoms with E-state index < -0.39 is 6.10 Å². The van der Waals surface area contributed by atoms with Crippen LogP contribution in [0, 0.1) is 5.92 Å². The lowest BCUT2D eigenvalue weighted by molar-refractivity contribution is -0.128. The lowest BCUT2D eigenvalue weighted by Crippen LogP contribution is -2.49. The van der Waals surface area contributed by atoms with Gasteiger partial charge in [0.15, 0.2) is 5.82 Å². The molecule has 3 rings (SSSR count). The predicted molar refractivity (Wildman–Crippen MR) is 101 cm³/mol. The molecule has 0 spiro atoms. The molecule has 2 fully saturated rings. The van der Waals surface area contributed by atoms with Crippen molar-refractivity contribution < 1.29 is 9.90 Å². The first kappa shape index (κ1) is 21.9. The number of carbonyl (C=O) groups is 1. The number of amides is 1. The molecule has 1 saturated carbocycles. The molecule has 0 radical (unpaired) electrons. The predicted octanol–water partition coefficient (Wildman–Crippen LogP) is 0.893. The molecule has 0 unspecified atom stereocenters. The van der Waals surface area contributed by atoms with Gasteiger partial charge in [-0.05, 0) is 44.2 Å². The van der Waals surface area contributed by atoms with Crippen molar-refractivity contribution in [3.63, 3.8) is 0 Å². The Morgan fingerprint density at radius 3 is 2.56 bits per heavy atom. The fraction of sp³-hybridized carbons (Fsp3) is 0.688. The van der Waals surface area contributed by atoms with E-state index >= 15 is 0 Å². The zero-order valence-corrected chi connectivity index (χ0v) is 15.7. The summed E-state index contributed by atoms with van der Waals surface area (Å²) in [7, 11) is 0. The number of nitrogens with two attached hydrogens (primary N) is 1. The molecule has 142 valence electrons. The summed E-state index contributed by atoms with van der Waals surface area (Å²) >= 11 is 0. The van der Waals surface area contributed by atoms with E-state index in [1.165, 1.54) is 0 Å². The molecule has 0 aromatic carbocycles. The summed E-state index contributed by atoms with van der Waals surface area (Å²) < 4.78 is 0. The average Bonchev–Trinajstić information content (AvgIpc) is 2.59. The molecule has 25 heavy (non-hydrogen) atoms. The lowest BCUT2D eigenvalue weighted by Gasteiger charge is -2.35. The number of anilines is 1. The van der Waals surface area contributed by atoms with Gasteiger partial charge in [0.25, 0.3) is 0 Å². The minimum atomic E-state index is -0.557. The Bertz CT molecular complexity index is 529. The molecular weight excluding hydrogens is 365 g/mol. The Morgan fingerprint density at radius 1 is 1.24 bits per heavy atom. The van der Waals surface area contributed by atoms with Crippen molar-refractivity contribution in [1.29, 1.82) is 0 Å². The van der Waals surface area contributed by atoms with Crippen LogP contribution in [0.1, 0.15) is 32.1 Å². The zero-order valence-electron chi connectivity index (χ0n) is 14.1. The van der Waals surface area contributed by atoms with Gasteiger partial charge in [-0.1, -0.05) is 0 Å². The molecule has 1 aromatic rings. The first-order valence-electron chi connectivity index (χ1n) is 8.40. The molecule has 1 aromatic heterocycles. The van der Waals surface area contributed by atoms with Gasteiger partial charge in [0, 0.05) is 37.3 Å². The normalized spacial score (nSPS) is 27.0. The van der Waals surface area contributed by atoms with E-state index in [2.05, 4.69) is 20.4 Å². The molecule has 7 nitrogen and oxygen atoms in total. The van der Waals surface area contributed by atoms with Crippen molar-refractivity contribution in [2.45, 2.75) is 50.3 Å². The van der Waals surface area contributed by atoms with E-state index in [0.717, 1.165) is 38.2 Å². The fourth-order valence-electron chi connectivity index (χ4n) is 3.44. The van der Waals surface area contributed by atoms with Crippen LogP contribution in [0.5, 0.6) is 0 Å². The Balaban J connectivity index is 0.00000156. The Kier molecular flexibility index (Phi) is 8.85. The Hall–Kier alpha value is -1.15. The standard InChI is InChI=1S/C16H25N5O2.2ClH/c17-13-4-3-11(10-14(13)22)16(23)19-12-5-8-21(9-6-12)15-2-1-7-18-20-15;;/h1-2,7,11-14,22H,3-6,8-10,17H2,(H,19,23);2*1H/t11-,13+,14+;;/m0../s1. The summed E-state index contributed by atoms with van der Waals surface area (Å²) in [6.07, 6.45) is 4.87. The number of nitrogens with one attached hydrogen (secondary N) is 1. The van der Waals surface area contributed by atoms with Gasteiger partial charge in [0.1, 0.15) is 0 Å². The monoisotopic (exact) mass is 391 g/mol. The van der Waals surface area contributed by atoms with Crippen LogP contribution in [-0.2, 0) is 4.79 Å². The number of aromatic nitrogens is 2. The molecule has 9 heteroatoms. The van der Waals surface area contributed by atoms with E-state index in [0.29, 0.717) is 12.8 Å². The quantitative estimate of drug-likeness (QED) is 0.706. The van der Waals surface area contributed by atoms with Gasteiger partial charge in [0.2, 0.25) is 5.91 Å². The molecule has 1 saturated heterocycles. The van der Waals surface area contributed by atoms with Gasteiger partial charge in [-0.15, -0.1) is 29.9 Å². The van der Waals surface area contributed by atoms with Crippen molar-refractivity contribution in [3.8, 4) is 0 Å². The summed E-state index contributed by atoms with van der Waals surface area (Å²) in [6.45, 7) is 1.73. The number of aliphatic hydroxyl groups is 1. The molecule has 4 N–H and O–H groups in total. The molecule has 1 aliphatic carbocycles. The molecule has 2 heterocycles. The van der Waals surface area contributed by atoms with Crippen molar-refractivity contribution in [3.05, 3.63) is 18.3 Å². The second kappa shape index (κ2) is 10.1. The van der Waals surface area contributed by atoms with E-state index in [4.69, 9.17) is 5.73 Å². The van der Waals surface area contributed by atoms with Crippen LogP contribution in [-0.4, -0.2) is 52.5 Å². The number of aliphatic hydroxyl groups excluding tert-OH is 1. The molecule has 2 aliphatic rings. The summed E-state index contributed by atoms with van der Waals surface area (Å²) in [6, 6.07) is 3.85. The van der Waals surface area contributed by atoms with Crippen LogP contribution < -0.4 is 16.0 Å². The van der Waals surface area contributed by atoms with Crippen molar-refractivity contribution in [1.82, 2.24) is 15.5 Å². The van der Waals surface area contributed by atoms with E-state index in [-0.39, 0.29) is 48.7 Å². The maximum absolute atomic E-state index is 12.4. The van der Waals surface area contributed by atoms with Crippen molar-refractivity contribution in [2.75, 3.05) is 18.0 Å². The van der Waals surface area contributed by atoms with Crippen LogP contribution in [0.2, 0.25) is 0 Å². The summed E-state index contributed by atoms with van der Waals surface area (Å²) in [5, 5.41) is 21.0. The molecule has 1 aliphatic heterocycles. The van der Waals surface area contributed by atoms with Crippen LogP contribution in [0.3, 0.4) is 0 Å². The second-order valence-electron chi connectivity index (χ2n) is 6.59. The topological polar surface area (TPSA) is 104 Å². The number of piperidine rings is 1. The number of carbonyl (C=O) groups excluding carboxylic acids is 1. The first-order chi connectivity index (χ1) is 11.1. The smallest absolute Gasteiger partial charge is 0.223 e. The SMILES string of the molecule is Cl.Cl.N[C@@H]1CC[C@H](C(=O)NC2CCN(c3cccnn3)CC2)C[C@H]1O. The molecule has 1 amide bonds. The Morgan fingerprint density at radius 2 is 1.96 bits per heavy atom. The summed E-state index contributed by atoms with van der Waals surface area (Å²) in [5.41, 5.74) is 5.80. The number of hydrogen-bond acceptors (Lipinski definition) is 6. The third-order valence-corrected chi connectivity index (χ3v) is 4.96. The maximum atomic E-state index is 12.4. The van der Waals surface area contributed by atoms with Gasteiger partial charge in [0.05, 0.1) is 6.10 Å². The van der Waals surface area contributed by atoms with Crippen molar-refractivity contribution in [2.24, 2.45) is 11.7 Å². The molecule has 3 atom stereocenters. The number of rotatable bonds is 3. The van der Waals surface area contributed by atoms with Gasteiger partial charge in [-0.3, -0.25) is 4.79 Å². The molecular formula is C16H27Cl2N5O2. The van der Waals surface area contributed by atoms with Crippen LogP contribution >= 0.6 is 24.8 Å². The van der Waals surface area contributed by atoms with Gasteiger partial charge in [-0.25, -0.2) is 0 Å². The van der Waals surface area contributed by atoms with Crippen LogP contribution in [0.25, 0.3) is 0 Å².